The molecule has 0 spiro atoms. The molecule has 0 aliphatic heterocycles. The van der Waals surface area contributed by atoms with Crippen LogP contribution >= 0.6 is 0 Å². The van der Waals surface area contributed by atoms with E-state index < -0.39 is 0 Å². The SMILES string of the molecule is CCc1cc(-c2ccccc2)cc(-n2cnc3cncnc32)c1. The molecule has 0 saturated heterocycles. The average Bonchev–Trinajstić information content (AvgIpc) is 3.06. The van der Waals surface area contributed by atoms with Crippen molar-refractivity contribution in [2.24, 2.45) is 0 Å². The third kappa shape index (κ3) is 2.48. The highest BCUT2D eigenvalue weighted by atomic mass is 15.1. The first-order chi connectivity index (χ1) is 11.3. The molecule has 4 rings (SSSR count). The lowest BCUT2D eigenvalue weighted by molar-refractivity contribution is 1.04. The molecule has 2 aromatic heterocycles. The molecule has 0 aliphatic carbocycles. The van der Waals surface area contributed by atoms with Crippen molar-refractivity contribution in [3.05, 3.63) is 72.9 Å². The zero-order chi connectivity index (χ0) is 15.6. The van der Waals surface area contributed by atoms with Gasteiger partial charge in [-0.15, -0.1) is 0 Å². The number of aromatic nitrogens is 4. The summed E-state index contributed by atoms with van der Waals surface area (Å²) >= 11 is 0. The standard InChI is InChI=1S/C19H16N4/c1-2-14-8-16(15-6-4-3-5-7-15)10-17(9-14)23-13-22-18-11-20-12-21-19(18)23/h3-13H,2H2,1H3. The second-order valence-corrected chi connectivity index (χ2v) is 5.45. The van der Waals surface area contributed by atoms with Crippen molar-refractivity contribution in [3.63, 3.8) is 0 Å². The average molecular weight is 300 g/mol. The van der Waals surface area contributed by atoms with Gasteiger partial charge in [0.1, 0.15) is 18.2 Å². The molecule has 2 heterocycles. The lowest BCUT2D eigenvalue weighted by Crippen LogP contribution is -1.96. The van der Waals surface area contributed by atoms with Crippen molar-refractivity contribution in [1.29, 1.82) is 0 Å². The smallest absolute Gasteiger partial charge is 0.167 e. The molecule has 0 aliphatic rings. The Balaban J connectivity index is 1.92. The molecule has 0 fully saturated rings. The van der Waals surface area contributed by atoms with Gasteiger partial charge < -0.3 is 0 Å². The molecule has 0 amide bonds. The zero-order valence-corrected chi connectivity index (χ0v) is 12.8. The van der Waals surface area contributed by atoms with E-state index in [4.69, 9.17) is 0 Å². The number of imidazole rings is 1. The first-order valence-corrected chi connectivity index (χ1v) is 7.68. The van der Waals surface area contributed by atoms with E-state index in [0.29, 0.717) is 0 Å². The van der Waals surface area contributed by atoms with E-state index in [0.717, 1.165) is 23.3 Å². The van der Waals surface area contributed by atoms with Gasteiger partial charge in [-0.3, -0.25) is 4.57 Å². The van der Waals surface area contributed by atoms with Crippen LogP contribution in [-0.4, -0.2) is 19.5 Å². The van der Waals surface area contributed by atoms with Gasteiger partial charge in [0.25, 0.3) is 0 Å². The first-order valence-electron chi connectivity index (χ1n) is 7.68. The van der Waals surface area contributed by atoms with Crippen LogP contribution in [0.15, 0.2) is 67.4 Å². The van der Waals surface area contributed by atoms with Gasteiger partial charge in [-0.2, -0.15) is 0 Å². The largest absolute Gasteiger partial charge is 0.283 e. The van der Waals surface area contributed by atoms with Crippen molar-refractivity contribution in [1.82, 2.24) is 19.5 Å². The van der Waals surface area contributed by atoms with Gasteiger partial charge in [0, 0.05) is 5.69 Å². The summed E-state index contributed by atoms with van der Waals surface area (Å²) in [5.74, 6) is 0. The minimum absolute atomic E-state index is 0.802. The highest BCUT2D eigenvalue weighted by Gasteiger charge is 2.08. The summed E-state index contributed by atoms with van der Waals surface area (Å²) in [6.45, 7) is 2.17. The van der Waals surface area contributed by atoms with Crippen LogP contribution in [0.3, 0.4) is 0 Å². The molecular formula is C19H16N4. The predicted octanol–water partition coefficient (Wildman–Crippen LogP) is 4.04. The minimum atomic E-state index is 0.802. The van der Waals surface area contributed by atoms with Gasteiger partial charge in [-0.25, -0.2) is 15.0 Å². The highest BCUT2D eigenvalue weighted by molar-refractivity contribution is 5.73. The van der Waals surface area contributed by atoms with E-state index in [1.165, 1.54) is 16.7 Å². The van der Waals surface area contributed by atoms with E-state index in [2.05, 4.69) is 64.3 Å². The molecular weight excluding hydrogens is 284 g/mol. The van der Waals surface area contributed by atoms with Crippen LogP contribution in [0.25, 0.3) is 28.0 Å². The molecule has 2 aromatic carbocycles. The summed E-state index contributed by atoms with van der Waals surface area (Å²) in [5.41, 5.74) is 6.41. The Hall–Kier alpha value is -3.01. The van der Waals surface area contributed by atoms with E-state index in [1.54, 1.807) is 12.5 Å². The Kier molecular flexibility index (Phi) is 3.35. The fourth-order valence-electron chi connectivity index (χ4n) is 2.77. The maximum atomic E-state index is 4.39. The highest BCUT2D eigenvalue weighted by Crippen LogP contribution is 2.26. The van der Waals surface area contributed by atoms with Crippen molar-refractivity contribution in [2.45, 2.75) is 13.3 Å². The fourth-order valence-corrected chi connectivity index (χ4v) is 2.77. The van der Waals surface area contributed by atoms with Crippen LogP contribution in [0.5, 0.6) is 0 Å². The Morgan fingerprint density at radius 3 is 2.65 bits per heavy atom. The molecule has 0 unspecified atom stereocenters. The first kappa shape index (κ1) is 13.6. The Morgan fingerprint density at radius 2 is 1.83 bits per heavy atom. The van der Waals surface area contributed by atoms with Gasteiger partial charge in [-0.1, -0.05) is 43.3 Å². The monoisotopic (exact) mass is 300 g/mol. The number of nitrogens with zero attached hydrogens (tertiary/aromatic N) is 4. The lowest BCUT2D eigenvalue weighted by Gasteiger charge is -2.10. The number of benzene rings is 2. The summed E-state index contributed by atoms with van der Waals surface area (Å²) in [5, 5.41) is 0. The third-order valence-corrected chi connectivity index (χ3v) is 3.98. The van der Waals surface area contributed by atoms with Crippen molar-refractivity contribution in [3.8, 4) is 16.8 Å². The van der Waals surface area contributed by atoms with Crippen LogP contribution in [0.1, 0.15) is 12.5 Å². The van der Waals surface area contributed by atoms with Crippen LogP contribution in [0.2, 0.25) is 0 Å². The lowest BCUT2D eigenvalue weighted by atomic mass is 10.0. The Bertz CT molecular complexity index is 957. The number of hydrogen-bond donors (Lipinski definition) is 0. The second kappa shape index (κ2) is 5.65. The number of hydrogen-bond acceptors (Lipinski definition) is 3. The van der Waals surface area contributed by atoms with E-state index in [1.807, 2.05) is 17.0 Å². The molecule has 112 valence electrons. The van der Waals surface area contributed by atoms with Crippen LogP contribution < -0.4 is 0 Å². The predicted molar refractivity (Wildman–Crippen MR) is 91.5 cm³/mol. The third-order valence-electron chi connectivity index (χ3n) is 3.98. The maximum Gasteiger partial charge on any atom is 0.167 e. The number of fused-ring (bicyclic) bond motifs is 1. The van der Waals surface area contributed by atoms with Crippen molar-refractivity contribution in [2.75, 3.05) is 0 Å². The Morgan fingerprint density at radius 1 is 0.957 bits per heavy atom. The molecule has 0 radical (unpaired) electrons. The fraction of sp³-hybridized carbons (Fsp3) is 0.105. The minimum Gasteiger partial charge on any atom is -0.283 e. The van der Waals surface area contributed by atoms with Gasteiger partial charge >= 0.3 is 0 Å². The molecule has 0 N–H and O–H groups in total. The summed E-state index contributed by atoms with van der Waals surface area (Å²) in [4.78, 5) is 12.8. The van der Waals surface area contributed by atoms with Gasteiger partial charge in [0.2, 0.25) is 0 Å². The number of rotatable bonds is 3. The second-order valence-electron chi connectivity index (χ2n) is 5.45. The molecule has 0 saturated carbocycles. The molecule has 0 bridgehead atoms. The van der Waals surface area contributed by atoms with E-state index in [9.17, 15) is 0 Å². The quantitative estimate of drug-likeness (QED) is 0.573. The van der Waals surface area contributed by atoms with Gasteiger partial charge in [0.15, 0.2) is 5.65 Å². The number of aryl methyl sites for hydroxylation is 1. The van der Waals surface area contributed by atoms with Crippen molar-refractivity contribution < 1.29 is 0 Å². The summed E-state index contributed by atoms with van der Waals surface area (Å²) in [6.07, 6.45) is 6.08. The van der Waals surface area contributed by atoms with E-state index >= 15 is 0 Å². The normalized spacial score (nSPS) is 11.0. The summed E-state index contributed by atoms with van der Waals surface area (Å²) in [6, 6.07) is 17.0. The van der Waals surface area contributed by atoms with Crippen LogP contribution in [-0.2, 0) is 6.42 Å². The molecule has 0 atom stereocenters. The van der Waals surface area contributed by atoms with Crippen LogP contribution in [0.4, 0.5) is 0 Å². The van der Waals surface area contributed by atoms with Crippen molar-refractivity contribution >= 4 is 11.2 Å². The Labute approximate surface area is 134 Å². The molecule has 4 aromatic rings. The van der Waals surface area contributed by atoms with E-state index in [-0.39, 0.29) is 0 Å². The maximum absolute atomic E-state index is 4.39. The van der Waals surface area contributed by atoms with Gasteiger partial charge in [0.05, 0.1) is 6.20 Å². The summed E-state index contributed by atoms with van der Waals surface area (Å²) in [7, 11) is 0. The van der Waals surface area contributed by atoms with Gasteiger partial charge in [-0.05, 0) is 35.2 Å². The zero-order valence-electron chi connectivity index (χ0n) is 12.8. The molecule has 4 nitrogen and oxygen atoms in total. The summed E-state index contributed by atoms with van der Waals surface area (Å²) < 4.78 is 2.02. The molecule has 23 heavy (non-hydrogen) atoms. The van der Waals surface area contributed by atoms with Crippen LogP contribution in [0, 0.1) is 0 Å². The topological polar surface area (TPSA) is 43.6 Å². The molecule has 4 heteroatoms.